The van der Waals surface area contributed by atoms with Crippen molar-refractivity contribution in [3.63, 3.8) is 0 Å². The Morgan fingerprint density at radius 1 is 1.14 bits per heavy atom. The number of nitrogens with one attached hydrogen (secondary N) is 1. The highest BCUT2D eigenvalue weighted by atomic mass is 19.1. The van der Waals surface area contributed by atoms with Gasteiger partial charge in [0.1, 0.15) is 11.6 Å². The number of halogens is 2. The lowest BCUT2D eigenvalue weighted by atomic mass is 10.1. The van der Waals surface area contributed by atoms with E-state index >= 15 is 0 Å². The second-order valence-corrected chi connectivity index (χ2v) is 4.50. The monoisotopic (exact) mass is 305 g/mol. The number of rotatable bonds is 4. The molecule has 0 radical (unpaired) electrons. The van der Waals surface area contributed by atoms with Gasteiger partial charge >= 0.3 is 5.97 Å². The minimum absolute atomic E-state index is 0.0570. The van der Waals surface area contributed by atoms with E-state index in [-0.39, 0.29) is 17.7 Å². The van der Waals surface area contributed by atoms with Gasteiger partial charge in [0, 0.05) is 12.1 Å². The first-order chi connectivity index (χ1) is 10.5. The summed E-state index contributed by atoms with van der Waals surface area (Å²) >= 11 is 0. The molecule has 22 heavy (non-hydrogen) atoms. The first-order valence-corrected chi connectivity index (χ1v) is 6.42. The molecule has 114 valence electrons. The van der Waals surface area contributed by atoms with Gasteiger partial charge in [0.25, 0.3) is 5.91 Å². The number of hydrogen-bond donors (Lipinski definition) is 1. The number of amides is 1. The van der Waals surface area contributed by atoms with Crippen molar-refractivity contribution in [3.05, 3.63) is 70.8 Å². The summed E-state index contributed by atoms with van der Waals surface area (Å²) in [6.07, 6.45) is 0. The van der Waals surface area contributed by atoms with Crippen LogP contribution in [-0.4, -0.2) is 19.0 Å². The highest BCUT2D eigenvalue weighted by Gasteiger charge is 2.15. The largest absolute Gasteiger partial charge is 0.465 e. The fourth-order valence-electron chi connectivity index (χ4n) is 1.86. The minimum atomic E-state index is -0.842. The highest BCUT2D eigenvalue weighted by Crippen LogP contribution is 2.12. The van der Waals surface area contributed by atoms with Gasteiger partial charge in [-0.3, -0.25) is 4.79 Å². The van der Waals surface area contributed by atoms with Gasteiger partial charge in [-0.15, -0.1) is 0 Å². The third-order valence-corrected chi connectivity index (χ3v) is 2.98. The van der Waals surface area contributed by atoms with E-state index in [2.05, 4.69) is 10.1 Å². The Bertz CT molecular complexity index is 716. The number of esters is 1. The molecule has 2 aromatic carbocycles. The lowest BCUT2D eigenvalue weighted by Crippen LogP contribution is -2.23. The summed E-state index contributed by atoms with van der Waals surface area (Å²) in [6, 6.07) is 9.22. The average Bonchev–Trinajstić information content (AvgIpc) is 2.51. The maximum Gasteiger partial charge on any atom is 0.340 e. The van der Waals surface area contributed by atoms with Crippen LogP contribution in [0.4, 0.5) is 8.78 Å². The van der Waals surface area contributed by atoms with Crippen LogP contribution >= 0.6 is 0 Å². The van der Waals surface area contributed by atoms with Gasteiger partial charge in [0.15, 0.2) is 0 Å². The van der Waals surface area contributed by atoms with Crippen LogP contribution in [0.1, 0.15) is 26.3 Å². The Balaban J connectivity index is 2.07. The number of ether oxygens (including phenoxy) is 1. The lowest BCUT2D eigenvalue weighted by Gasteiger charge is -2.07. The van der Waals surface area contributed by atoms with Crippen molar-refractivity contribution >= 4 is 11.9 Å². The normalized spacial score (nSPS) is 10.1. The molecule has 6 heteroatoms. The Morgan fingerprint density at radius 3 is 2.55 bits per heavy atom. The maximum absolute atomic E-state index is 13.7. The Morgan fingerprint density at radius 2 is 1.91 bits per heavy atom. The van der Waals surface area contributed by atoms with E-state index in [0.717, 1.165) is 13.2 Å². The molecule has 1 amide bonds. The Labute approximate surface area is 125 Å². The maximum atomic E-state index is 13.7. The molecule has 1 N–H and O–H groups in total. The zero-order valence-electron chi connectivity index (χ0n) is 11.7. The standard InChI is InChI=1S/C16H13F2NO3/c1-22-16(21)13-6-5-11(8-14(13)18)15(20)19-9-10-3-2-4-12(17)7-10/h2-8H,9H2,1H3,(H,19,20). The van der Waals surface area contributed by atoms with Crippen molar-refractivity contribution in [2.75, 3.05) is 7.11 Å². The van der Waals surface area contributed by atoms with Crippen molar-refractivity contribution < 1.29 is 23.1 Å². The SMILES string of the molecule is COC(=O)c1ccc(C(=O)NCc2cccc(F)c2)cc1F. The van der Waals surface area contributed by atoms with Crippen LogP contribution in [0.15, 0.2) is 42.5 Å². The van der Waals surface area contributed by atoms with E-state index < -0.39 is 23.5 Å². The highest BCUT2D eigenvalue weighted by molar-refractivity contribution is 5.96. The summed E-state index contributed by atoms with van der Waals surface area (Å²) in [4.78, 5) is 23.2. The van der Waals surface area contributed by atoms with Gasteiger partial charge in [-0.05, 0) is 35.9 Å². The molecule has 0 atom stereocenters. The molecule has 0 saturated heterocycles. The molecular weight excluding hydrogens is 292 g/mol. The van der Waals surface area contributed by atoms with Crippen LogP contribution in [0.5, 0.6) is 0 Å². The van der Waals surface area contributed by atoms with Crippen LogP contribution in [0.3, 0.4) is 0 Å². The van der Waals surface area contributed by atoms with Crippen molar-refractivity contribution in [2.24, 2.45) is 0 Å². The summed E-state index contributed by atoms with van der Waals surface area (Å²) in [5, 5.41) is 2.54. The van der Waals surface area contributed by atoms with Crippen molar-refractivity contribution in [1.82, 2.24) is 5.32 Å². The zero-order valence-corrected chi connectivity index (χ0v) is 11.7. The first kappa shape index (κ1) is 15.6. The quantitative estimate of drug-likeness (QED) is 0.884. The van der Waals surface area contributed by atoms with E-state index in [1.165, 1.54) is 30.3 Å². The Hall–Kier alpha value is -2.76. The molecule has 0 aromatic heterocycles. The lowest BCUT2D eigenvalue weighted by molar-refractivity contribution is 0.0595. The smallest absolute Gasteiger partial charge is 0.340 e. The summed E-state index contributed by atoms with van der Waals surface area (Å²) < 4.78 is 31.2. The van der Waals surface area contributed by atoms with Crippen molar-refractivity contribution in [2.45, 2.75) is 6.54 Å². The average molecular weight is 305 g/mol. The summed E-state index contributed by atoms with van der Waals surface area (Å²) in [5.41, 5.74) is 0.394. The van der Waals surface area contributed by atoms with E-state index in [1.54, 1.807) is 6.07 Å². The first-order valence-electron chi connectivity index (χ1n) is 6.42. The predicted molar refractivity (Wildman–Crippen MR) is 75.3 cm³/mol. The molecule has 0 fully saturated rings. The van der Waals surface area contributed by atoms with Gasteiger partial charge < -0.3 is 10.1 Å². The molecule has 0 spiro atoms. The summed E-state index contributed by atoms with van der Waals surface area (Å²) in [5.74, 6) is -2.59. The third-order valence-electron chi connectivity index (χ3n) is 2.98. The molecular formula is C16H13F2NO3. The molecule has 2 rings (SSSR count). The molecule has 0 unspecified atom stereocenters. The number of methoxy groups -OCH3 is 1. The number of carbonyl (C=O) groups excluding carboxylic acids is 2. The fourth-order valence-corrected chi connectivity index (χ4v) is 1.86. The van der Waals surface area contributed by atoms with E-state index in [0.29, 0.717) is 5.56 Å². The van der Waals surface area contributed by atoms with E-state index in [1.807, 2.05) is 0 Å². The van der Waals surface area contributed by atoms with Gasteiger partial charge in [-0.25, -0.2) is 13.6 Å². The molecule has 2 aromatic rings. The zero-order chi connectivity index (χ0) is 16.1. The second-order valence-electron chi connectivity index (χ2n) is 4.50. The Kier molecular flexibility index (Phi) is 4.83. The van der Waals surface area contributed by atoms with E-state index in [4.69, 9.17) is 0 Å². The fraction of sp³-hybridized carbons (Fsp3) is 0.125. The number of hydrogen-bond acceptors (Lipinski definition) is 3. The van der Waals surface area contributed by atoms with Gasteiger partial charge in [0.05, 0.1) is 12.7 Å². The second kappa shape index (κ2) is 6.80. The van der Waals surface area contributed by atoms with Gasteiger partial charge in [-0.1, -0.05) is 12.1 Å². The molecule has 0 aliphatic heterocycles. The summed E-state index contributed by atoms with van der Waals surface area (Å²) in [6.45, 7) is 0.108. The number of carbonyl (C=O) groups is 2. The minimum Gasteiger partial charge on any atom is -0.465 e. The van der Waals surface area contributed by atoms with Gasteiger partial charge in [-0.2, -0.15) is 0 Å². The molecule has 0 aliphatic carbocycles. The van der Waals surface area contributed by atoms with Crippen LogP contribution in [0, 0.1) is 11.6 Å². The number of benzene rings is 2. The molecule has 4 nitrogen and oxygen atoms in total. The summed E-state index contributed by atoms with van der Waals surface area (Å²) in [7, 11) is 1.14. The van der Waals surface area contributed by atoms with Crippen LogP contribution in [0.25, 0.3) is 0 Å². The topological polar surface area (TPSA) is 55.4 Å². The predicted octanol–water partition coefficient (Wildman–Crippen LogP) is 2.68. The molecule has 0 aliphatic rings. The molecule has 0 saturated carbocycles. The van der Waals surface area contributed by atoms with Crippen LogP contribution in [0.2, 0.25) is 0 Å². The van der Waals surface area contributed by atoms with Crippen molar-refractivity contribution in [1.29, 1.82) is 0 Å². The molecule has 0 bridgehead atoms. The van der Waals surface area contributed by atoms with Crippen LogP contribution in [-0.2, 0) is 11.3 Å². The van der Waals surface area contributed by atoms with Crippen LogP contribution < -0.4 is 5.32 Å². The molecule has 0 heterocycles. The van der Waals surface area contributed by atoms with Crippen molar-refractivity contribution in [3.8, 4) is 0 Å². The third kappa shape index (κ3) is 3.66. The van der Waals surface area contributed by atoms with Gasteiger partial charge in [0.2, 0.25) is 0 Å². The van der Waals surface area contributed by atoms with E-state index in [9.17, 15) is 18.4 Å².